The number of hydrogen-bond acceptors (Lipinski definition) is 4. The van der Waals surface area contributed by atoms with Gasteiger partial charge in [-0.1, -0.05) is 17.7 Å². The SMILES string of the molecule is C[C@H](NCc1nnnn1C(C)(C)C)c1ccc(F)cc1Cl. The summed E-state index contributed by atoms with van der Waals surface area (Å²) in [5.74, 6) is 0.403. The van der Waals surface area contributed by atoms with Crippen molar-refractivity contribution in [1.82, 2.24) is 25.5 Å². The zero-order valence-electron chi connectivity index (χ0n) is 12.6. The Hall–Kier alpha value is -1.53. The highest BCUT2D eigenvalue weighted by Gasteiger charge is 2.20. The maximum atomic E-state index is 13.1. The Labute approximate surface area is 128 Å². The van der Waals surface area contributed by atoms with E-state index in [1.807, 2.05) is 27.7 Å². The molecule has 0 aliphatic carbocycles. The van der Waals surface area contributed by atoms with Crippen molar-refractivity contribution in [2.75, 3.05) is 0 Å². The molecule has 5 nitrogen and oxygen atoms in total. The number of tetrazole rings is 1. The van der Waals surface area contributed by atoms with Crippen LogP contribution in [0.2, 0.25) is 5.02 Å². The summed E-state index contributed by atoms with van der Waals surface area (Å²) in [4.78, 5) is 0. The van der Waals surface area contributed by atoms with Crippen molar-refractivity contribution in [1.29, 1.82) is 0 Å². The lowest BCUT2D eigenvalue weighted by atomic mass is 10.1. The third kappa shape index (κ3) is 3.77. The predicted octanol–water partition coefficient (Wildman–Crippen LogP) is 3.07. The van der Waals surface area contributed by atoms with Crippen LogP contribution in [-0.4, -0.2) is 20.2 Å². The van der Waals surface area contributed by atoms with E-state index in [9.17, 15) is 4.39 Å². The van der Waals surface area contributed by atoms with Crippen LogP contribution in [0.1, 0.15) is 45.1 Å². The normalized spacial score (nSPS) is 13.4. The zero-order chi connectivity index (χ0) is 15.6. The van der Waals surface area contributed by atoms with Gasteiger partial charge in [-0.05, 0) is 55.8 Å². The number of hydrogen-bond donors (Lipinski definition) is 1. The first-order valence-electron chi connectivity index (χ1n) is 6.75. The molecule has 21 heavy (non-hydrogen) atoms. The summed E-state index contributed by atoms with van der Waals surface area (Å²) in [6, 6.07) is 4.36. The van der Waals surface area contributed by atoms with Gasteiger partial charge in [0.2, 0.25) is 0 Å². The van der Waals surface area contributed by atoms with Gasteiger partial charge in [0.1, 0.15) is 5.82 Å². The van der Waals surface area contributed by atoms with E-state index in [0.717, 1.165) is 11.4 Å². The van der Waals surface area contributed by atoms with Crippen LogP contribution in [0.25, 0.3) is 0 Å². The number of benzene rings is 1. The third-order valence-corrected chi connectivity index (χ3v) is 3.49. The first kappa shape index (κ1) is 15.9. The zero-order valence-corrected chi connectivity index (χ0v) is 13.3. The lowest BCUT2D eigenvalue weighted by Crippen LogP contribution is -2.29. The molecule has 0 spiro atoms. The summed E-state index contributed by atoms with van der Waals surface area (Å²) in [5, 5.41) is 15.5. The van der Waals surface area contributed by atoms with Gasteiger partial charge in [-0.2, -0.15) is 0 Å². The molecule has 0 aliphatic heterocycles. The van der Waals surface area contributed by atoms with Crippen LogP contribution in [0.15, 0.2) is 18.2 Å². The van der Waals surface area contributed by atoms with Crippen LogP contribution >= 0.6 is 11.6 Å². The summed E-state index contributed by atoms with van der Waals surface area (Å²) >= 11 is 6.06. The van der Waals surface area contributed by atoms with Crippen molar-refractivity contribution in [3.63, 3.8) is 0 Å². The second-order valence-electron chi connectivity index (χ2n) is 5.95. The topological polar surface area (TPSA) is 55.6 Å². The van der Waals surface area contributed by atoms with Gasteiger partial charge in [0.25, 0.3) is 0 Å². The van der Waals surface area contributed by atoms with E-state index in [2.05, 4.69) is 20.8 Å². The van der Waals surface area contributed by atoms with E-state index < -0.39 is 0 Å². The highest BCUT2D eigenvalue weighted by molar-refractivity contribution is 6.31. The van der Waals surface area contributed by atoms with E-state index in [1.54, 1.807) is 10.7 Å². The smallest absolute Gasteiger partial charge is 0.165 e. The van der Waals surface area contributed by atoms with Crippen LogP contribution in [0.4, 0.5) is 4.39 Å². The maximum absolute atomic E-state index is 13.1. The van der Waals surface area contributed by atoms with E-state index in [4.69, 9.17) is 11.6 Å². The number of nitrogens with zero attached hydrogens (tertiary/aromatic N) is 4. The molecular weight excluding hydrogens is 293 g/mol. The molecular formula is C14H19ClFN5. The lowest BCUT2D eigenvalue weighted by molar-refractivity contribution is 0.329. The van der Waals surface area contributed by atoms with Gasteiger partial charge in [0.15, 0.2) is 5.82 Å². The summed E-state index contributed by atoms with van der Waals surface area (Å²) in [6.07, 6.45) is 0. The number of rotatable bonds is 4. The predicted molar refractivity (Wildman–Crippen MR) is 79.5 cm³/mol. The fourth-order valence-corrected chi connectivity index (χ4v) is 2.38. The van der Waals surface area contributed by atoms with E-state index in [0.29, 0.717) is 11.6 Å². The summed E-state index contributed by atoms with van der Waals surface area (Å²) in [5.41, 5.74) is 0.657. The Morgan fingerprint density at radius 3 is 2.71 bits per heavy atom. The monoisotopic (exact) mass is 311 g/mol. The number of nitrogens with one attached hydrogen (secondary N) is 1. The molecule has 1 heterocycles. The van der Waals surface area contributed by atoms with E-state index in [1.165, 1.54) is 12.1 Å². The van der Waals surface area contributed by atoms with Gasteiger partial charge in [0.05, 0.1) is 12.1 Å². The molecule has 0 saturated carbocycles. The van der Waals surface area contributed by atoms with Gasteiger partial charge in [-0.15, -0.1) is 5.10 Å². The molecule has 2 aromatic rings. The second-order valence-corrected chi connectivity index (χ2v) is 6.35. The van der Waals surface area contributed by atoms with Crippen molar-refractivity contribution in [2.45, 2.75) is 45.8 Å². The Bertz CT molecular complexity index is 620. The first-order valence-corrected chi connectivity index (χ1v) is 7.13. The minimum Gasteiger partial charge on any atom is -0.303 e. The third-order valence-electron chi connectivity index (χ3n) is 3.16. The number of halogens is 2. The molecule has 1 atom stereocenters. The minimum absolute atomic E-state index is 0.0387. The highest BCUT2D eigenvalue weighted by Crippen LogP contribution is 2.24. The Morgan fingerprint density at radius 2 is 2.10 bits per heavy atom. The van der Waals surface area contributed by atoms with Gasteiger partial charge in [-0.25, -0.2) is 9.07 Å². The lowest BCUT2D eigenvalue weighted by Gasteiger charge is -2.21. The molecule has 0 fully saturated rings. The average molecular weight is 312 g/mol. The van der Waals surface area contributed by atoms with E-state index in [-0.39, 0.29) is 17.4 Å². The summed E-state index contributed by atoms with van der Waals surface area (Å²) < 4.78 is 14.8. The van der Waals surface area contributed by atoms with Crippen LogP contribution in [0.5, 0.6) is 0 Å². The molecule has 0 aliphatic rings. The Balaban J connectivity index is 2.08. The van der Waals surface area contributed by atoms with Crippen molar-refractivity contribution in [3.8, 4) is 0 Å². The summed E-state index contributed by atoms with van der Waals surface area (Å²) in [6.45, 7) is 8.57. The van der Waals surface area contributed by atoms with Crippen molar-refractivity contribution in [2.24, 2.45) is 0 Å². The van der Waals surface area contributed by atoms with Crippen LogP contribution in [0, 0.1) is 5.82 Å². The molecule has 1 N–H and O–H groups in total. The molecule has 0 bridgehead atoms. The van der Waals surface area contributed by atoms with Crippen molar-refractivity contribution >= 4 is 11.6 Å². The number of aromatic nitrogens is 4. The maximum Gasteiger partial charge on any atom is 0.165 e. The fraction of sp³-hybridized carbons (Fsp3) is 0.500. The van der Waals surface area contributed by atoms with Crippen molar-refractivity contribution in [3.05, 3.63) is 40.4 Å². The second kappa shape index (κ2) is 6.07. The van der Waals surface area contributed by atoms with Crippen molar-refractivity contribution < 1.29 is 4.39 Å². The highest BCUT2D eigenvalue weighted by atomic mass is 35.5. The summed E-state index contributed by atoms with van der Waals surface area (Å²) in [7, 11) is 0. The quantitative estimate of drug-likeness (QED) is 0.943. The molecule has 1 aromatic carbocycles. The first-order chi connectivity index (χ1) is 9.79. The van der Waals surface area contributed by atoms with Gasteiger partial charge in [0, 0.05) is 11.1 Å². The van der Waals surface area contributed by atoms with Crippen LogP contribution < -0.4 is 5.32 Å². The molecule has 7 heteroatoms. The molecule has 0 amide bonds. The van der Waals surface area contributed by atoms with E-state index >= 15 is 0 Å². The Kier molecular flexibility index (Phi) is 4.58. The Morgan fingerprint density at radius 1 is 1.38 bits per heavy atom. The van der Waals surface area contributed by atoms with Gasteiger partial charge < -0.3 is 5.32 Å². The molecule has 0 radical (unpaired) electrons. The van der Waals surface area contributed by atoms with Crippen LogP contribution in [-0.2, 0) is 12.1 Å². The van der Waals surface area contributed by atoms with Gasteiger partial charge >= 0.3 is 0 Å². The van der Waals surface area contributed by atoms with Crippen LogP contribution in [0.3, 0.4) is 0 Å². The molecule has 0 unspecified atom stereocenters. The van der Waals surface area contributed by atoms with Gasteiger partial charge in [-0.3, -0.25) is 0 Å². The molecule has 0 saturated heterocycles. The average Bonchev–Trinajstić information content (AvgIpc) is 2.84. The fourth-order valence-electron chi connectivity index (χ4n) is 2.04. The largest absolute Gasteiger partial charge is 0.303 e. The standard InChI is InChI=1S/C14H19ClFN5/c1-9(11-6-5-10(16)7-12(11)15)17-8-13-18-19-20-21(13)14(2,3)4/h5-7,9,17H,8H2,1-4H3/t9-/m0/s1. The molecule has 2 rings (SSSR count). The molecule has 1 aromatic heterocycles. The minimum atomic E-state index is -0.340. The molecule has 114 valence electrons.